The summed E-state index contributed by atoms with van der Waals surface area (Å²) in [5.41, 5.74) is 1.87. The molecule has 0 aliphatic carbocycles. The Morgan fingerprint density at radius 1 is 1.05 bits per heavy atom. The van der Waals surface area contributed by atoms with Gasteiger partial charge in [-0.3, -0.25) is 4.79 Å². The minimum absolute atomic E-state index is 0.0693. The molecule has 0 radical (unpaired) electrons. The maximum Gasteiger partial charge on any atom is 0.192 e. The maximum atomic E-state index is 12.6. The van der Waals surface area contributed by atoms with Crippen molar-refractivity contribution in [3.05, 3.63) is 35.4 Å². The van der Waals surface area contributed by atoms with Crippen LogP contribution in [-0.4, -0.2) is 18.5 Å². The Balaban J connectivity index is 3.02. The smallest absolute Gasteiger partial charge is 0.192 e. The molecule has 1 unspecified atom stereocenters. The van der Waals surface area contributed by atoms with Crippen LogP contribution in [0.3, 0.4) is 0 Å². The lowest BCUT2D eigenvalue weighted by atomic mass is 9.82. The van der Waals surface area contributed by atoms with Gasteiger partial charge in [0.2, 0.25) is 0 Å². The lowest BCUT2D eigenvalue weighted by molar-refractivity contribution is -0.000221. The zero-order chi connectivity index (χ0) is 15.6. The number of ketones is 1. The third kappa shape index (κ3) is 4.17. The van der Waals surface area contributed by atoms with E-state index in [1.54, 1.807) is 0 Å². The molecule has 0 saturated carbocycles. The van der Waals surface area contributed by atoms with E-state index in [0.29, 0.717) is 6.61 Å². The monoisotopic (exact) mass is 276 g/mol. The SMILES string of the molecule is CCOC(C(=O)c1ccc(C(C)(C)C)cc1)C(C)(C)C. The molecule has 2 heteroatoms. The van der Waals surface area contributed by atoms with Gasteiger partial charge in [0.05, 0.1) is 0 Å². The van der Waals surface area contributed by atoms with Crippen molar-refractivity contribution in [3.63, 3.8) is 0 Å². The molecule has 0 amide bonds. The van der Waals surface area contributed by atoms with Crippen LogP contribution in [0, 0.1) is 5.41 Å². The van der Waals surface area contributed by atoms with E-state index in [9.17, 15) is 4.79 Å². The average molecular weight is 276 g/mol. The van der Waals surface area contributed by atoms with Gasteiger partial charge in [0.15, 0.2) is 5.78 Å². The molecular formula is C18H28O2. The second-order valence-electron chi connectivity index (χ2n) is 7.39. The van der Waals surface area contributed by atoms with Crippen molar-refractivity contribution < 1.29 is 9.53 Å². The standard InChI is InChI=1S/C18H28O2/c1-8-20-16(18(5,6)7)15(19)13-9-11-14(12-10-13)17(2,3)4/h9-12,16H,8H2,1-7H3. The number of benzene rings is 1. The van der Waals surface area contributed by atoms with Crippen molar-refractivity contribution in [2.45, 2.75) is 60.0 Å². The van der Waals surface area contributed by atoms with E-state index in [4.69, 9.17) is 4.74 Å². The molecule has 1 aromatic rings. The molecule has 0 bridgehead atoms. The molecule has 20 heavy (non-hydrogen) atoms. The second kappa shape index (κ2) is 6.09. The minimum atomic E-state index is -0.395. The third-order valence-corrected chi connectivity index (χ3v) is 3.39. The topological polar surface area (TPSA) is 26.3 Å². The van der Waals surface area contributed by atoms with Crippen LogP contribution >= 0.6 is 0 Å². The quantitative estimate of drug-likeness (QED) is 0.750. The van der Waals surface area contributed by atoms with E-state index in [-0.39, 0.29) is 16.6 Å². The van der Waals surface area contributed by atoms with E-state index >= 15 is 0 Å². The first-order chi connectivity index (χ1) is 9.07. The Labute approximate surface area is 123 Å². The molecule has 0 N–H and O–H groups in total. The Morgan fingerprint density at radius 3 is 1.90 bits per heavy atom. The summed E-state index contributed by atoms with van der Waals surface area (Å²) in [5.74, 6) is 0.0693. The van der Waals surface area contributed by atoms with Gasteiger partial charge in [-0.25, -0.2) is 0 Å². The van der Waals surface area contributed by atoms with Crippen LogP contribution in [0.1, 0.15) is 64.4 Å². The summed E-state index contributed by atoms with van der Waals surface area (Å²) in [6.07, 6.45) is -0.395. The van der Waals surface area contributed by atoms with Gasteiger partial charge < -0.3 is 4.74 Å². The molecule has 0 heterocycles. The molecule has 0 aliphatic heterocycles. The zero-order valence-corrected chi connectivity index (χ0v) is 13.9. The molecule has 2 nitrogen and oxygen atoms in total. The number of hydrogen-bond acceptors (Lipinski definition) is 2. The van der Waals surface area contributed by atoms with Gasteiger partial charge in [0.25, 0.3) is 0 Å². The van der Waals surface area contributed by atoms with Crippen LogP contribution in [0.5, 0.6) is 0 Å². The van der Waals surface area contributed by atoms with E-state index in [0.717, 1.165) is 5.56 Å². The Morgan fingerprint density at radius 2 is 1.55 bits per heavy atom. The number of Topliss-reactive ketones (excluding diaryl/α,β-unsaturated/α-hetero) is 1. The maximum absolute atomic E-state index is 12.6. The summed E-state index contributed by atoms with van der Waals surface area (Å²) in [4.78, 5) is 12.6. The van der Waals surface area contributed by atoms with Crippen molar-refractivity contribution >= 4 is 5.78 Å². The van der Waals surface area contributed by atoms with Crippen LogP contribution in [0.15, 0.2) is 24.3 Å². The molecule has 0 aromatic heterocycles. The summed E-state index contributed by atoms with van der Waals surface area (Å²) in [6, 6.07) is 7.92. The third-order valence-electron chi connectivity index (χ3n) is 3.39. The molecular weight excluding hydrogens is 248 g/mol. The molecule has 0 saturated heterocycles. The molecule has 1 rings (SSSR count). The summed E-state index contributed by atoms with van der Waals surface area (Å²) >= 11 is 0. The minimum Gasteiger partial charge on any atom is -0.370 e. The summed E-state index contributed by atoms with van der Waals surface area (Å²) in [7, 11) is 0. The van der Waals surface area contributed by atoms with Crippen molar-refractivity contribution in [1.82, 2.24) is 0 Å². The number of ether oxygens (including phenoxy) is 1. The number of carbonyl (C=O) groups excluding carboxylic acids is 1. The molecule has 0 aliphatic rings. The number of rotatable bonds is 4. The van der Waals surface area contributed by atoms with Gasteiger partial charge in [-0.1, -0.05) is 65.8 Å². The summed E-state index contributed by atoms with van der Waals surface area (Å²) in [6.45, 7) is 15.1. The number of hydrogen-bond donors (Lipinski definition) is 0. The van der Waals surface area contributed by atoms with E-state index in [2.05, 4.69) is 20.8 Å². The fourth-order valence-corrected chi connectivity index (χ4v) is 2.17. The van der Waals surface area contributed by atoms with Crippen molar-refractivity contribution in [2.75, 3.05) is 6.61 Å². The average Bonchev–Trinajstić information content (AvgIpc) is 2.33. The highest BCUT2D eigenvalue weighted by Gasteiger charge is 2.32. The van der Waals surface area contributed by atoms with Crippen LogP contribution in [-0.2, 0) is 10.2 Å². The van der Waals surface area contributed by atoms with Gasteiger partial charge in [-0.2, -0.15) is 0 Å². The van der Waals surface area contributed by atoms with E-state index < -0.39 is 6.10 Å². The van der Waals surface area contributed by atoms with Crippen LogP contribution in [0.25, 0.3) is 0 Å². The van der Waals surface area contributed by atoms with Gasteiger partial charge in [-0.15, -0.1) is 0 Å². The Hall–Kier alpha value is -1.15. The lowest BCUT2D eigenvalue weighted by Crippen LogP contribution is -2.37. The Kier molecular flexibility index (Phi) is 5.15. The van der Waals surface area contributed by atoms with Crippen molar-refractivity contribution in [1.29, 1.82) is 0 Å². The molecule has 1 atom stereocenters. The predicted octanol–water partition coefficient (Wildman–Crippen LogP) is 4.62. The zero-order valence-electron chi connectivity index (χ0n) is 13.9. The highest BCUT2D eigenvalue weighted by atomic mass is 16.5. The van der Waals surface area contributed by atoms with Gasteiger partial charge >= 0.3 is 0 Å². The van der Waals surface area contributed by atoms with Gasteiger partial charge in [0.1, 0.15) is 6.10 Å². The van der Waals surface area contributed by atoms with Crippen molar-refractivity contribution in [3.8, 4) is 0 Å². The summed E-state index contributed by atoms with van der Waals surface area (Å²) < 4.78 is 5.67. The Bertz CT molecular complexity index is 444. The van der Waals surface area contributed by atoms with Gasteiger partial charge in [0, 0.05) is 12.2 Å². The predicted molar refractivity (Wildman–Crippen MR) is 84.3 cm³/mol. The highest BCUT2D eigenvalue weighted by Crippen LogP contribution is 2.27. The van der Waals surface area contributed by atoms with Crippen LogP contribution in [0.4, 0.5) is 0 Å². The lowest BCUT2D eigenvalue weighted by Gasteiger charge is -2.29. The normalized spacial score (nSPS) is 14.2. The van der Waals surface area contributed by atoms with E-state index in [1.807, 2.05) is 52.0 Å². The largest absolute Gasteiger partial charge is 0.370 e. The second-order valence-corrected chi connectivity index (χ2v) is 7.39. The first-order valence-electron chi connectivity index (χ1n) is 7.33. The number of carbonyl (C=O) groups is 1. The first kappa shape index (κ1) is 16.9. The van der Waals surface area contributed by atoms with Crippen molar-refractivity contribution in [2.24, 2.45) is 5.41 Å². The highest BCUT2D eigenvalue weighted by molar-refractivity contribution is 6.00. The fourth-order valence-electron chi connectivity index (χ4n) is 2.17. The summed E-state index contributed by atoms with van der Waals surface area (Å²) in [5, 5.41) is 0. The first-order valence-corrected chi connectivity index (χ1v) is 7.33. The van der Waals surface area contributed by atoms with Gasteiger partial charge in [-0.05, 0) is 23.3 Å². The molecule has 0 spiro atoms. The fraction of sp³-hybridized carbons (Fsp3) is 0.611. The van der Waals surface area contributed by atoms with Crippen LogP contribution in [0.2, 0.25) is 0 Å². The molecule has 1 aromatic carbocycles. The molecule has 112 valence electrons. The van der Waals surface area contributed by atoms with E-state index in [1.165, 1.54) is 5.56 Å². The molecule has 0 fully saturated rings. The van der Waals surface area contributed by atoms with Crippen LogP contribution < -0.4 is 0 Å².